The lowest BCUT2D eigenvalue weighted by atomic mass is 9.89. The van der Waals surface area contributed by atoms with Crippen LogP contribution in [0, 0.1) is 25.7 Å². The minimum absolute atomic E-state index is 0.0114. The molecule has 1 fully saturated rings. The fourth-order valence-corrected chi connectivity index (χ4v) is 8.95. The predicted molar refractivity (Wildman–Crippen MR) is 279 cm³/mol. The number of H-pyrrole nitrogens is 1. The number of fused-ring (bicyclic) bond motifs is 4. The van der Waals surface area contributed by atoms with E-state index in [0.717, 1.165) is 38.3 Å². The highest BCUT2D eigenvalue weighted by atomic mass is 16.7. The number of carbonyl (C=O) groups is 7. The zero-order chi connectivity index (χ0) is 54.1. The van der Waals surface area contributed by atoms with Crippen LogP contribution in [-0.4, -0.2) is 124 Å². The highest BCUT2D eigenvalue weighted by Gasteiger charge is 2.33. The third-order valence-electron chi connectivity index (χ3n) is 13.0. The van der Waals surface area contributed by atoms with Crippen LogP contribution in [0.25, 0.3) is 32.6 Å². The number of ketones is 1. The van der Waals surface area contributed by atoms with Gasteiger partial charge in [-0.2, -0.15) is 0 Å². The second kappa shape index (κ2) is 27.1. The van der Waals surface area contributed by atoms with Gasteiger partial charge in [-0.15, -0.1) is 10.2 Å². The van der Waals surface area contributed by atoms with Crippen LogP contribution in [0.4, 0.5) is 10.5 Å². The number of nitrogens with zero attached hydrogens (tertiary/aromatic N) is 5. The standard InChI is InChI=1S/C54H66N10O12/c1-33(2)51(60-46(66)32-74-26-25-73-24-23-72-22-21-63-30-39(61-62-63)8-5-9-49(69)76-64-47(67)16-17-48(64)68)45(65)27-37(7-6-19-57-54(55)71)53(70)58-38-12-10-36(11-13-38)31-75-40-14-15-44-42(28-40)50-34(3)43-29-56-20-18-41(43)35(4)52(50)59-44/h10-15,18,20,28-30,33,37,51,59H,5-9,16-17,19,21-27,31-32H2,1-4H3,(H,58,70)(H,60,66)(H3,55,57,71). The Kier molecular flexibility index (Phi) is 19.9. The lowest BCUT2D eigenvalue weighted by molar-refractivity contribution is -0.197. The molecule has 6 amide bonds. The van der Waals surface area contributed by atoms with Crippen LogP contribution >= 0.6 is 0 Å². The number of ether oxygens (including phenoxy) is 4. The number of nitrogens with one attached hydrogen (secondary N) is 4. The first-order valence-corrected chi connectivity index (χ1v) is 25.5. The highest BCUT2D eigenvalue weighted by molar-refractivity contribution is 6.16. The largest absolute Gasteiger partial charge is 0.489 e. The maximum atomic E-state index is 13.8. The maximum absolute atomic E-state index is 13.8. The van der Waals surface area contributed by atoms with E-state index in [-0.39, 0.29) is 89.3 Å². The summed E-state index contributed by atoms with van der Waals surface area (Å²) < 4.78 is 24.5. The molecule has 2 unspecified atom stereocenters. The average molecular weight is 1050 g/mol. The van der Waals surface area contributed by atoms with Crippen molar-refractivity contribution in [3.8, 4) is 5.75 Å². The molecule has 0 spiro atoms. The van der Waals surface area contributed by atoms with Crippen LogP contribution in [0.2, 0.25) is 0 Å². The third kappa shape index (κ3) is 15.4. The fraction of sp³-hybridized carbons (Fsp3) is 0.444. The first kappa shape index (κ1) is 55.9. The number of pyridine rings is 1. The first-order chi connectivity index (χ1) is 36.6. The number of benzene rings is 3. The number of Topliss-reactive ketones (excluding diaryl/α,β-unsaturated/α-hetero) is 1. The minimum atomic E-state index is -0.882. The summed E-state index contributed by atoms with van der Waals surface area (Å²) in [5.41, 5.74) is 11.7. The van der Waals surface area contributed by atoms with E-state index >= 15 is 0 Å². The Morgan fingerprint density at radius 1 is 0.855 bits per heavy atom. The molecule has 2 atom stereocenters. The first-order valence-electron chi connectivity index (χ1n) is 25.5. The van der Waals surface area contributed by atoms with Gasteiger partial charge in [-0.3, -0.25) is 29.0 Å². The number of urea groups is 1. The number of anilines is 1. The molecule has 22 heteroatoms. The molecule has 3 aromatic carbocycles. The average Bonchev–Trinajstić information content (AvgIpc) is 4.14. The molecule has 1 saturated heterocycles. The van der Waals surface area contributed by atoms with Crippen LogP contribution in [0.1, 0.15) is 81.2 Å². The van der Waals surface area contributed by atoms with E-state index in [2.05, 4.69) is 50.1 Å². The maximum Gasteiger partial charge on any atom is 0.333 e. The number of nitrogens with two attached hydrogens (primary N) is 1. The molecule has 4 heterocycles. The van der Waals surface area contributed by atoms with Gasteiger partial charge in [0.15, 0.2) is 5.78 Å². The normalized spacial score (nSPS) is 13.4. The number of hydroxylamine groups is 2. The van der Waals surface area contributed by atoms with E-state index in [1.165, 1.54) is 10.9 Å². The van der Waals surface area contributed by atoms with Crippen molar-refractivity contribution in [2.24, 2.45) is 17.6 Å². The number of carbonyl (C=O) groups excluding carboxylic acids is 7. The molecule has 404 valence electrons. The van der Waals surface area contributed by atoms with Crippen LogP contribution in [0.5, 0.6) is 5.75 Å². The molecular formula is C54H66N10O12. The number of amides is 6. The summed E-state index contributed by atoms with van der Waals surface area (Å²) >= 11 is 0. The number of rotatable bonds is 30. The number of primary amides is 1. The van der Waals surface area contributed by atoms with Gasteiger partial charge in [0.25, 0.3) is 11.8 Å². The van der Waals surface area contributed by atoms with Gasteiger partial charge in [0.1, 0.15) is 19.0 Å². The fourth-order valence-electron chi connectivity index (χ4n) is 8.95. The van der Waals surface area contributed by atoms with Gasteiger partial charge < -0.3 is 50.5 Å². The smallest absolute Gasteiger partial charge is 0.333 e. The second-order valence-electron chi connectivity index (χ2n) is 19.0. The SMILES string of the molecule is Cc1c2ccncc2c(C)c2c1[nH]c1ccc(OCc3ccc(NC(=O)C(CCCNC(N)=O)CC(=O)C(NC(=O)COCCOCCOCCn4cc(CCCC(=O)ON5C(=O)CCC5=O)nn4)C(C)C)cc3)cc12. The van der Waals surface area contributed by atoms with Gasteiger partial charge >= 0.3 is 12.0 Å². The van der Waals surface area contributed by atoms with Crippen LogP contribution < -0.4 is 26.4 Å². The molecule has 0 saturated carbocycles. The van der Waals surface area contributed by atoms with Gasteiger partial charge in [-0.25, -0.2) is 14.3 Å². The zero-order valence-electron chi connectivity index (χ0n) is 43.3. The Bertz CT molecular complexity index is 3010. The predicted octanol–water partition coefficient (Wildman–Crippen LogP) is 5.44. The molecular weight excluding hydrogens is 981 g/mol. The molecule has 6 N–H and O–H groups in total. The number of aromatic amines is 1. The minimum Gasteiger partial charge on any atom is -0.489 e. The van der Waals surface area contributed by atoms with Crippen molar-refractivity contribution >= 4 is 79.7 Å². The zero-order valence-corrected chi connectivity index (χ0v) is 43.3. The van der Waals surface area contributed by atoms with Crippen molar-refractivity contribution in [3.05, 3.63) is 89.5 Å². The summed E-state index contributed by atoms with van der Waals surface area (Å²) in [6.45, 7) is 9.72. The summed E-state index contributed by atoms with van der Waals surface area (Å²) in [6, 6.07) is 13.8. The number of imide groups is 1. The van der Waals surface area contributed by atoms with Crippen molar-refractivity contribution in [3.63, 3.8) is 0 Å². The van der Waals surface area contributed by atoms with Crippen LogP contribution in [-0.2, 0) is 67.4 Å². The van der Waals surface area contributed by atoms with Crippen molar-refractivity contribution in [1.82, 2.24) is 40.7 Å². The van der Waals surface area contributed by atoms with Gasteiger partial charge in [0, 0.05) is 84.1 Å². The summed E-state index contributed by atoms with van der Waals surface area (Å²) in [4.78, 5) is 99.9. The van der Waals surface area contributed by atoms with Gasteiger partial charge in [0.05, 0.1) is 56.8 Å². The Hall–Kier alpha value is -7.82. The molecule has 1 aliphatic heterocycles. The number of hydrogen-bond donors (Lipinski definition) is 5. The molecule has 76 heavy (non-hydrogen) atoms. The van der Waals surface area contributed by atoms with Gasteiger partial charge in [-0.05, 0) is 104 Å². The van der Waals surface area contributed by atoms with Crippen molar-refractivity contribution in [1.29, 1.82) is 0 Å². The molecule has 1 aliphatic rings. The van der Waals surface area contributed by atoms with Gasteiger partial charge in [0.2, 0.25) is 11.8 Å². The van der Waals surface area contributed by atoms with Crippen LogP contribution in [0.3, 0.4) is 0 Å². The third-order valence-corrected chi connectivity index (χ3v) is 13.0. The summed E-state index contributed by atoms with van der Waals surface area (Å²) in [6.07, 6.45) is 6.90. The van der Waals surface area contributed by atoms with Gasteiger partial charge in [-0.1, -0.05) is 31.2 Å². The second-order valence-corrected chi connectivity index (χ2v) is 19.0. The van der Waals surface area contributed by atoms with E-state index in [4.69, 9.17) is 29.5 Å². The summed E-state index contributed by atoms with van der Waals surface area (Å²) in [5, 5.41) is 21.4. The van der Waals surface area contributed by atoms with Crippen molar-refractivity contribution < 1.29 is 57.3 Å². The highest BCUT2D eigenvalue weighted by Crippen LogP contribution is 2.37. The summed E-state index contributed by atoms with van der Waals surface area (Å²) in [7, 11) is 0. The van der Waals surface area contributed by atoms with E-state index in [9.17, 15) is 33.6 Å². The topological polar surface area (TPSA) is 290 Å². The Morgan fingerprint density at radius 3 is 2.33 bits per heavy atom. The molecule has 3 aromatic heterocycles. The van der Waals surface area contributed by atoms with E-state index in [0.29, 0.717) is 61.2 Å². The Balaban J connectivity index is 0.796. The Morgan fingerprint density at radius 2 is 1.59 bits per heavy atom. The number of aromatic nitrogens is 5. The van der Waals surface area contributed by atoms with Crippen LogP contribution in [0.15, 0.2) is 67.1 Å². The molecule has 7 rings (SSSR count). The quantitative estimate of drug-likeness (QED) is 0.0277. The van der Waals surface area contributed by atoms with E-state index in [1.54, 1.807) is 36.9 Å². The molecule has 0 radical (unpaired) electrons. The van der Waals surface area contributed by atoms with E-state index in [1.807, 2.05) is 48.8 Å². The van der Waals surface area contributed by atoms with Crippen molar-refractivity contribution in [2.75, 3.05) is 51.5 Å². The number of aryl methyl sites for hydroxylation is 3. The molecule has 22 nitrogen and oxygen atoms in total. The monoisotopic (exact) mass is 1050 g/mol. The molecule has 6 aromatic rings. The van der Waals surface area contributed by atoms with Crippen molar-refractivity contribution in [2.45, 2.75) is 98.3 Å². The number of hydrogen-bond acceptors (Lipinski definition) is 15. The molecule has 0 bridgehead atoms. The van der Waals surface area contributed by atoms with E-state index < -0.39 is 41.7 Å². The lowest BCUT2D eigenvalue weighted by Crippen LogP contribution is -2.47. The lowest BCUT2D eigenvalue weighted by Gasteiger charge is -2.24. The summed E-state index contributed by atoms with van der Waals surface area (Å²) in [5.74, 6) is -3.25. The molecule has 0 aliphatic carbocycles. The Labute approximate surface area is 439 Å².